The normalized spacial score (nSPS) is 30.3. The number of aromatic hydroxyl groups is 1. The SMILES string of the molecule is O=C1[C@H]2[C@H](CC=C3[C@H]2C[C@@]2(Cl)C(=O)N(c4ccc(F)cc4)C(=O)[C@@]2(Cl)[C@H]3c2cc(OC(F)(F)F)ccc2O)C(=O)N1Cc1cccs1. The maximum absolute atomic E-state index is 14.4. The Hall–Kier alpha value is -3.94. The van der Waals surface area contributed by atoms with Crippen LogP contribution in [0.3, 0.4) is 0 Å². The second-order valence-corrected chi connectivity index (χ2v) is 14.1. The molecule has 1 aromatic heterocycles. The van der Waals surface area contributed by atoms with E-state index in [9.17, 15) is 41.8 Å². The monoisotopic (exact) mass is 708 g/mol. The molecule has 2 aliphatic carbocycles. The molecule has 3 fully saturated rings. The van der Waals surface area contributed by atoms with Gasteiger partial charge in [0.25, 0.3) is 11.8 Å². The number of allylic oxidation sites excluding steroid dienone is 2. The lowest BCUT2D eigenvalue weighted by molar-refractivity contribution is -0.274. The van der Waals surface area contributed by atoms with Crippen molar-refractivity contribution in [3.63, 3.8) is 0 Å². The Morgan fingerprint density at radius 3 is 2.36 bits per heavy atom. The number of carbonyl (C=O) groups excluding carboxylic acids is 4. The fourth-order valence-electron chi connectivity index (χ4n) is 7.48. The van der Waals surface area contributed by atoms with E-state index in [0.717, 1.165) is 52.2 Å². The number of ether oxygens (including phenoxy) is 1. The molecule has 3 heterocycles. The molecule has 1 saturated carbocycles. The Kier molecular flexibility index (Phi) is 7.27. The largest absolute Gasteiger partial charge is 0.573 e. The van der Waals surface area contributed by atoms with Crippen molar-refractivity contribution in [1.29, 1.82) is 0 Å². The van der Waals surface area contributed by atoms with Crippen molar-refractivity contribution < 1.29 is 46.6 Å². The molecule has 3 aromatic rings. The Balaban J connectivity index is 1.40. The molecule has 0 radical (unpaired) electrons. The van der Waals surface area contributed by atoms with Gasteiger partial charge >= 0.3 is 6.36 Å². The number of hydrogen-bond acceptors (Lipinski definition) is 7. The molecular weight excluding hydrogens is 687 g/mol. The number of fused-ring (bicyclic) bond motifs is 4. The average Bonchev–Trinajstić information content (AvgIpc) is 3.65. The summed E-state index contributed by atoms with van der Waals surface area (Å²) in [6.07, 6.45) is -3.90. The van der Waals surface area contributed by atoms with E-state index in [0.29, 0.717) is 4.90 Å². The van der Waals surface area contributed by atoms with Gasteiger partial charge in [0.1, 0.15) is 17.3 Å². The lowest BCUT2D eigenvalue weighted by Crippen LogP contribution is -2.60. The van der Waals surface area contributed by atoms with Gasteiger partial charge in [-0.25, -0.2) is 9.29 Å². The molecule has 6 atom stereocenters. The summed E-state index contributed by atoms with van der Waals surface area (Å²) in [4.78, 5) is 54.0. The third kappa shape index (κ3) is 4.68. The van der Waals surface area contributed by atoms with Gasteiger partial charge in [-0.3, -0.25) is 24.1 Å². The van der Waals surface area contributed by atoms with Crippen molar-refractivity contribution >= 4 is 63.9 Å². The van der Waals surface area contributed by atoms with Crippen LogP contribution in [0, 0.1) is 23.6 Å². The third-order valence-corrected chi connectivity index (χ3v) is 11.7. The Labute approximate surface area is 278 Å². The molecule has 2 aliphatic heterocycles. The van der Waals surface area contributed by atoms with E-state index in [1.165, 1.54) is 11.3 Å². The first kappa shape index (κ1) is 31.6. The molecule has 7 rings (SSSR count). The molecule has 0 bridgehead atoms. The highest BCUT2D eigenvalue weighted by atomic mass is 35.5. The number of benzene rings is 2. The van der Waals surface area contributed by atoms with Crippen molar-refractivity contribution in [3.8, 4) is 11.5 Å². The highest BCUT2D eigenvalue weighted by Gasteiger charge is 2.77. The van der Waals surface area contributed by atoms with Crippen LogP contribution in [-0.4, -0.2) is 49.7 Å². The van der Waals surface area contributed by atoms with E-state index in [4.69, 9.17) is 23.2 Å². The number of halogens is 6. The summed E-state index contributed by atoms with van der Waals surface area (Å²) >= 11 is 15.8. The van der Waals surface area contributed by atoms with E-state index in [1.54, 1.807) is 23.6 Å². The van der Waals surface area contributed by atoms with Crippen LogP contribution in [0.15, 0.2) is 71.6 Å². The molecule has 47 heavy (non-hydrogen) atoms. The van der Waals surface area contributed by atoms with Crippen molar-refractivity contribution in [3.05, 3.63) is 87.9 Å². The van der Waals surface area contributed by atoms with Crippen molar-refractivity contribution in [2.45, 2.75) is 41.4 Å². The third-order valence-electron chi connectivity index (χ3n) is 9.42. The van der Waals surface area contributed by atoms with Gasteiger partial charge in [0.2, 0.25) is 11.8 Å². The number of likely N-dealkylation sites (tertiary alicyclic amines) is 1. The minimum absolute atomic E-state index is 0.0179. The van der Waals surface area contributed by atoms with E-state index in [2.05, 4.69) is 4.74 Å². The lowest BCUT2D eigenvalue weighted by atomic mass is 9.56. The van der Waals surface area contributed by atoms with Crippen LogP contribution in [0.1, 0.15) is 29.2 Å². The number of nitrogens with zero attached hydrogens (tertiary/aromatic N) is 2. The number of thiophene rings is 1. The zero-order chi connectivity index (χ0) is 33.6. The molecule has 2 aromatic carbocycles. The van der Waals surface area contributed by atoms with Crippen LogP contribution < -0.4 is 9.64 Å². The highest BCUT2D eigenvalue weighted by molar-refractivity contribution is 7.09. The first-order chi connectivity index (χ1) is 22.2. The molecular formula is C32H22Cl2F4N2O6S. The number of phenols is 1. The van der Waals surface area contributed by atoms with Crippen molar-refractivity contribution in [2.24, 2.45) is 17.8 Å². The number of amides is 4. The number of phenolic OH excluding ortho intramolecular Hbond substituents is 1. The molecule has 1 N–H and O–H groups in total. The predicted molar refractivity (Wildman–Crippen MR) is 161 cm³/mol. The predicted octanol–water partition coefficient (Wildman–Crippen LogP) is 6.26. The van der Waals surface area contributed by atoms with E-state index in [1.807, 2.05) is 0 Å². The zero-order valence-electron chi connectivity index (χ0n) is 23.8. The maximum Gasteiger partial charge on any atom is 0.573 e. The Morgan fingerprint density at radius 1 is 0.979 bits per heavy atom. The number of hydrogen-bond donors (Lipinski definition) is 1. The summed E-state index contributed by atoms with van der Waals surface area (Å²) in [6, 6.07) is 10.5. The molecule has 244 valence electrons. The van der Waals surface area contributed by atoms with Gasteiger partial charge in [-0.15, -0.1) is 47.7 Å². The number of imide groups is 2. The highest BCUT2D eigenvalue weighted by Crippen LogP contribution is 2.66. The second kappa shape index (κ2) is 10.8. The van der Waals surface area contributed by atoms with Crippen LogP contribution in [0.5, 0.6) is 11.5 Å². The smallest absolute Gasteiger partial charge is 0.508 e. The van der Waals surface area contributed by atoms with Gasteiger partial charge in [-0.2, -0.15) is 0 Å². The van der Waals surface area contributed by atoms with E-state index >= 15 is 0 Å². The minimum Gasteiger partial charge on any atom is -0.508 e. The molecule has 0 unspecified atom stereocenters. The van der Waals surface area contributed by atoms with Crippen molar-refractivity contribution in [2.75, 3.05) is 4.90 Å². The summed E-state index contributed by atoms with van der Waals surface area (Å²) in [5.41, 5.74) is -0.120. The minimum atomic E-state index is -5.11. The number of carbonyl (C=O) groups is 4. The van der Waals surface area contributed by atoms with E-state index in [-0.39, 0.29) is 29.8 Å². The van der Waals surface area contributed by atoms with Crippen LogP contribution in [-0.2, 0) is 25.7 Å². The van der Waals surface area contributed by atoms with Crippen LogP contribution >= 0.6 is 34.5 Å². The van der Waals surface area contributed by atoms with Gasteiger partial charge in [0.15, 0.2) is 9.75 Å². The summed E-state index contributed by atoms with van der Waals surface area (Å²) in [7, 11) is 0. The zero-order valence-corrected chi connectivity index (χ0v) is 26.2. The summed E-state index contributed by atoms with van der Waals surface area (Å²) in [5, 5.41) is 12.9. The van der Waals surface area contributed by atoms with Crippen LogP contribution in [0.4, 0.5) is 23.2 Å². The first-order valence-electron chi connectivity index (χ1n) is 14.3. The second-order valence-electron chi connectivity index (χ2n) is 11.9. The number of anilines is 1. The van der Waals surface area contributed by atoms with E-state index < -0.39 is 87.1 Å². The molecule has 2 saturated heterocycles. The Morgan fingerprint density at radius 2 is 1.70 bits per heavy atom. The average molecular weight is 710 g/mol. The van der Waals surface area contributed by atoms with Gasteiger partial charge in [0, 0.05) is 16.4 Å². The molecule has 0 spiro atoms. The molecule has 8 nitrogen and oxygen atoms in total. The first-order valence-corrected chi connectivity index (χ1v) is 16.0. The Bertz CT molecular complexity index is 1870. The molecule has 15 heteroatoms. The molecule has 4 amide bonds. The van der Waals surface area contributed by atoms with Crippen molar-refractivity contribution in [1.82, 2.24) is 4.90 Å². The van der Waals surface area contributed by atoms with Gasteiger partial charge in [0.05, 0.1) is 24.1 Å². The fraction of sp³-hybridized carbons (Fsp3) is 0.312. The quantitative estimate of drug-likeness (QED) is 0.145. The van der Waals surface area contributed by atoms with Gasteiger partial charge in [-0.1, -0.05) is 17.7 Å². The van der Waals surface area contributed by atoms with Crippen LogP contribution in [0.25, 0.3) is 0 Å². The fourth-order valence-corrected chi connectivity index (χ4v) is 9.10. The number of alkyl halides is 5. The summed E-state index contributed by atoms with van der Waals surface area (Å²) in [6.45, 7) is 0.0205. The number of rotatable bonds is 5. The maximum atomic E-state index is 14.4. The summed E-state index contributed by atoms with van der Waals surface area (Å²) < 4.78 is 57.7. The molecule has 4 aliphatic rings. The van der Waals surface area contributed by atoms with Gasteiger partial charge < -0.3 is 9.84 Å². The van der Waals surface area contributed by atoms with Gasteiger partial charge in [-0.05, 0) is 72.7 Å². The topological polar surface area (TPSA) is 104 Å². The van der Waals surface area contributed by atoms with Crippen LogP contribution in [0.2, 0.25) is 0 Å². The standard InChI is InChI=1S/C32H22Cl2F4N2O6S/c33-30-13-22-19(8-9-20-24(22)27(43)39(26(20)42)14-18-2-1-11-47-18)25(21-12-17(7-10-23(21)41)46-32(36,37)38)31(30,34)29(45)40(28(30)44)16-5-3-15(35)4-6-16/h1-8,10-12,20,22,24-25,41H,9,13-14H2/t20-,22+,24-,25+,30+,31-/m0/s1. The summed E-state index contributed by atoms with van der Waals surface area (Å²) in [5.74, 6) is -9.45. The lowest BCUT2D eigenvalue weighted by Gasteiger charge is -2.50.